The van der Waals surface area contributed by atoms with Crippen LogP contribution in [0.4, 0.5) is 5.69 Å². The SMILES string of the molecule is [C-]#[N+]C1CCCN1c1ccccc1. The molecule has 0 saturated carbocycles. The number of hydrogen-bond donors (Lipinski definition) is 0. The van der Waals surface area contributed by atoms with Crippen molar-refractivity contribution in [1.29, 1.82) is 0 Å². The third-order valence-electron chi connectivity index (χ3n) is 2.46. The lowest BCUT2D eigenvalue weighted by atomic mass is 10.3. The monoisotopic (exact) mass is 172 g/mol. The molecule has 0 spiro atoms. The number of benzene rings is 1. The fourth-order valence-electron chi connectivity index (χ4n) is 1.80. The number of hydrogen-bond acceptors (Lipinski definition) is 1. The van der Waals surface area contributed by atoms with Crippen molar-refractivity contribution in [2.24, 2.45) is 0 Å². The summed E-state index contributed by atoms with van der Waals surface area (Å²) < 4.78 is 0. The van der Waals surface area contributed by atoms with E-state index in [4.69, 9.17) is 6.57 Å². The van der Waals surface area contributed by atoms with Gasteiger partial charge in [0.05, 0.1) is 0 Å². The maximum Gasteiger partial charge on any atom is 0.298 e. The molecular weight excluding hydrogens is 160 g/mol. The molecule has 1 fully saturated rings. The fraction of sp³-hybridized carbons (Fsp3) is 0.364. The van der Waals surface area contributed by atoms with Crippen molar-refractivity contribution in [3.05, 3.63) is 41.7 Å². The molecule has 1 aliphatic heterocycles. The van der Waals surface area contributed by atoms with Crippen LogP contribution in [0.2, 0.25) is 0 Å². The Morgan fingerprint density at radius 1 is 1.31 bits per heavy atom. The largest absolute Gasteiger partial charge is 0.303 e. The Morgan fingerprint density at radius 3 is 2.77 bits per heavy atom. The molecule has 1 aromatic carbocycles. The molecule has 1 atom stereocenters. The van der Waals surface area contributed by atoms with E-state index in [9.17, 15) is 0 Å². The van der Waals surface area contributed by atoms with Crippen LogP contribution in [0.15, 0.2) is 30.3 Å². The van der Waals surface area contributed by atoms with Gasteiger partial charge in [-0.3, -0.25) is 4.85 Å². The Hall–Kier alpha value is -1.49. The zero-order valence-electron chi connectivity index (χ0n) is 7.48. The molecule has 1 unspecified atom stereocenters. The highest BCUT2D eigenvalue weighted by molar-refractivity contribution is 5.48. The molecule has 0 aliphatic carbocycles. The Kier molecular flexibility index (Phi) is 2.18. The van der Waals surface area contributed by atoms with Gasteiger partial charge in [0.2, 0.25) is 0 Å². The molecule has 13 heavy (non-hydrogen) atoms. The fourth-order valence-corrected chi connectivity index (χ4v) is 1.80. The van der Waals surface area contributed by atoms with Gasteiger partial charge in [-0.1, -0.05) is 18.2 Å². The minimum absolute atomic E-state index is 0.0717. The zero-order valence-corrected chi connectivity index (χ0v) is 7.48. The van der Waals surface area contributed by atoms with Gasteiger partial charge in [0.1, 0.15) is 0 Å². The molecule has 0 bridgehead atoms. The van der Waals surface area contributed by atoms with Gasteiger partial charge in [0.15, 0.2) is 0 Å². The van der Waals surface area contributed by atoms with Crippen LogP contribution in [0, 0.1) is 6.57 Å². The topological polar surface area (TPSA) is 7.60 Å². The molecule has 0 N–H and O–H groups in total. The minimum atomic E-state index is 0.0717. The van der Waals surface area contributed by atoms with E-state index in [1.54, 1.807) is 0 Å². The maximum absolute atomic E-state index is 7.06. The minimum Gasteiger partial charge on any atom is -0.303 e. The van der Waals surface area contributed by atoms with Crippen LogP contribution < -0.4 is 4.90 Å². The van der Waals surface area contributed by atoms with Crippen LogP contribution in [-0.2, 0) is 0 Å². The number of para-hydroxylation sites is 1. The second kappa shape index (κ2) is 3.49. The summed E-state index contributed by atoms with van der Waals surface area (Å²) in [6.07, 6.45) is 2.22. The van der Waals surface area contributed by atoms with E-state index in [1.165, 1.54) is 5.69 Å². The molecule has 1 aromatic rings. The lowest BCUT2D eigenvalue weighted by Crippen LogP contribution is -2.25. The number of rotatable bonds is 1. The summed E-state index contributed by atoms with van der Waals surface area (Å²) in [5.74, 6) is 0. The molecule has 1 saturated heterocycles. The van der Waals surface area contributed by atoms with Crippen molar-refractivity contribution in [3.8, 4) is 0 Å². The second-order valence-electron chi connectivity index (χ2n) is 3.28. The van der Waals surface area contributed by atoms with Gasteiger partial charge >= 0.3 is 0 Å². The number of anilines is 1. The first kappa shape index (κ1) is 8.12. The van der Waals surface area contributed by atoms with Crippen LogP contribution in [0.5, 0.6) is 0 Å². The van der Waals surface area contributed by atoms with Gasteiger partial charge in [-0.05, 0) is 18.6 Å². The van der Waals surface area contributed by atoms with Gasteiger partial charge in [-0.2, -0.15) is 0 Å². The summed E-state index contributed by atoms with van der Waals surface area (Å²) in [7, 11) is 0. The first-order chi connectivity index (χ1) is 6.42. The van der Waals surface area contributed by atoms with Crippen molar-refractivity contribution in [2.45, 2.75) is 19.0 Å². The van der Waals surface area contributed by atoms with Gasteiger partial charge in [-0.15, -0.1) is 0 Å². The van der Waals surface area contributed by atoms with Crippen LogP contribution >= 0.6 is 0 Å². The Labute approximate surface area is 78.6 Å². The second-order valence-corrected chi connectivity index (χ2v) is 3.28. The van der Waals surface area contributed by atoms with Crippen molar-refractivity contribution in [2.75, 3.05) is 11.4 Å². The van der Waals surface area contributed by atoms with E-state index < -0.39 is 0 Å². The third-order valence-corrected chi connectivity index (χ3v) is 2.46. The van der Waals surface area contributed by atoms with Crippen LogP contribution in [0.25, 0.3) is 4.85 Å². The molecule has 1 aliphatic rings. The highest BCUT2D eigenvalue weighted by atomic mass is 15.2. The van der Waals surface area contributed by atoms with Crippen LogP contribution in [0.1, 0.15) is 12.8 Å². The van der Waals surface area contributed by atoms with Crippen molar-refractivity contribution < 1.29 is 0 Å². The molecule has 0 amide bonds. The standard InChI is InChI=1S/C11H12N2/c1-12-11-8-5-9-13(11)10-6-3-2-4-7-10/h2-4,6-7,11H,5,8-9H2. The molecule has 2 rings (SSSR count). The average Bonchev–Trinajstić information content (AvgIpc) is 2.67. The van der Waals surface area contributed by atoms with E-state index in [0.29, 0.717) is 0 Å². The first-order valence-corrected chi connectivity index (χ1v) is 4.60. The van der Waals surface area contributed by atoms with Gasteiger partial charge in [0, 0.05) is 18.7 Å². The quantitative estimate of drug-likeness (QED) is 0.591. The van der Waals surface area contributed by atoms with E-state index in [2.05, 4.69) is 21.9 Å². The molecule has 0 radical (unpaired) electrons. The Balaban J connectivity index is 2.22. The highest BCUT2D eigenvalue weighted by Crippen LogP contribution is 2.25. The van der Waals surface area contributed by atoms with E-state index in [0.717, 1.165) is 19.4 Å². The predicted molar refractivity (Wildman–Crippen MR) is 53.4 cm³/mol. The summed E-state index contributed by atoms with van der Waals surface area (Å²) in [5, 5.41) is 0. The Bertz CT molecular complexity index is 313. The van der Waals surface area contributed by atoms with E-state index >= 15 is 0 Å². The first-order valence-electron chi connectivity index (χ1n) is 4.60. The smallest absolute Gasteiger partial charge is 0.298 e. The molecular formula is C11H12N2. The van der Waals surface area contributed by atoms with Crippen molar-refractivity contribution in [1.82, 2.24) is 0 Å². The summed E-state index contributed by atoms with van der Waals surface area (Å²) in [6.45, 7) is 8.09. The molecule has 2 nitrogen and oxygen atoms in total. The Morgan fingerprint density at radius 2 is 2.08 bits per heavy atom. The predicted octanol–water partition coefficient (Wildman–Crippen LogP) is 2.53. The maximum atomic E-state index is 7.06. The highest BCUT2D eigenvalue weighted by Gasteiger charge is 2.28. The zero-order chi connectivity index (χ0) is 9.10. The van der Waals surface area contributed by atoms with E-state index in [-0.39, 0.29) is 6.17 Å². The lowest BCUT2D eigenvalue weighted by Gasteiger charge is -2.17. The third kappa shape index (κ3) is 1.50. The lowest BCUT2D eigenvalue weighted by molar-refractivity contribution is 0.801. The number of nitrogens with zero attached hydrogens (tertiary/aromatic N) is 2. The summed E-state index contributed by atoms with van der Waals surface area (Å²) in [5.41, 5.74) is 1.18. The summed E-state index contributed by atoms with van der Waals surface area (Å²) >= 11 is 0. The van der Waals surface area contributed by atoms with E-state index in [1.807, 2.05) is 18.2 Å². The molecule has 2 heteroatoms. The van der Waals surface area contributed by atoms with Gasteiger partial charge in [-0.25, -0.2) is 6.57 Å². The van der Waals surface area contributed by atoms with Crippen molar-refractivity contribution >= 4 is 5.69 Å². The van der Waals surface area contributed by atoms with Crippen molar-refractivity contribution in [3.63, 3.8) is 0 Å². The van der Waals surface area contributed by atoms with Crippen LogP contribution in [-0.4, -0.2) is 12.7 Å². The van der Waals surface area contributed by atoms with Crippen LogP contribution in [0.3, 0.4) is 0 Å². The molecule has 0 aromatic heterocycles. The van der Waals surface area contributed by atoms with Gasteiger partial charge in [0.25, 0.3) is 6.17 Å². The normalized spacial score (nSPS) is 21.5. The summed E-state index contributed by atoms with van der Waals surface area (Å²) in [4.78, 5) is 5.81. The summed E-state index contributed by atoms with van der Waals surface area (Å²) in [6, 6.07) is 10.2. The molecule has 66 valence electrons. The average molecular weight is 172 g/mol. The molecule has 1 heterocycles. The van der Waals surface area contributed by atoms with Gasteiger partial charge < -0.3 is 4.90 Å².